The third-order valence-electron chi connectivity index (χ3n) is 1.40. The second-order valence-electron chi connectivity index (χ2n) is 2.29. The minimum atomic E-state index is -3.12. The second-order valence-corrected chi connectivity index (χ2v) is 4.32. The molecule has 0 bridgehead atoms. The van der Waals surface area contributed by atoms with E-state index in [1.165, 1.54) is 12.4 Å². The average molecular weight is 204 g/mol. The summed E-state index contributed by atoms with van der Waals surface area (Å²) in [4.78, 5) is 0. The molecule has 1 heterocycles. The van der Waals surface area contributed by atoms with Gasteiger partial charge in [0.2, 0.25) is 0 Å². The molecular formula is C7H13N2O3P. The van der Waals surface area contributed by atoms with Gasteiger partial charge in [-0.25, -0.2) is 0 Å². The summed E-state index contributed by atoms with van der Waals surface area (Å²) in [6.45, 7) is 4.24. The normalized spacial score (nSPS) is 11.8. The van der Waals surface area contributed by atoms with Crippen LogP contribution in [0.1, 0.15) is 13.8 Å². The highest BCUT2D eigenvalue weighted by atomic mass is 31.2. The zero-order valence-electron chi connectivity index (χ0n) is 7.69. The molecular weight excluding hydrogens is 191 g/mol. The Morgan fingerprint density at radius 1 is 1.46 bits per heavy atom. The Morgan fingerprint density at radius 2 is 2.08 bits per heavy atom. The van der Waals surface area contributed by atoms with Crippen molar-refractivity contribution in [3.8, 4) is 0 Å². The molecule has 13 heavy (non-hydrogen) atoms. The summed E-state index contributed by atoms with van der Waals surface area (Å²) < 4.78 is 22.1. The standard InChI is InChI=1S/C7H13N2O3P/c1-3-11-13(10,12-4-2)7-5-8-9-6-7/h5-6H,3-4H2,1-2H3,(H,8,9). The molecule has 0 unspecified atom stereocenters. The van der Waals surface area contributed by atoms with E-state index in [9.17, 15) is 4.57 Å². The molecule has 0 aliphatic carbocycles. The predicted octanol–water partition coefficient (Wildman–Crippen LogP) is 1.30. The lowest BCUT2D eigenvalue weighted by Crippen LogP contribution is -2.08. The van der Waals surface area contributed by atoms with Crippen molar-refractivity contribution in [2.75, 3.05) is 13.2 Å². The molecule has 1 aromatic rings. The number of hydrogen-bond acceptors (Lipinski definition) is 4. The number of rotatable bonds is 5. The van der Waals surface area contributed by atoms with E-state index in [4.69, 9.17) is 9.05 Å². The van der Waals surface area contributed by atoms with Crippen molar-refractivity contribution in [3.63, 3.8) is 0 Å². The molecule has 6 heteroatoms. The van der Waals surface area contributed by atoms with E-state index in [1.807, 2.05) is 0 Å². The van der Waals surface area contributed by atoms with E-state index in [-0.39, 0.29) is 0 Å². The first-order chi connectivity index (χ1) is 6.23. The molecule has 5 nitrogen and oxygen atoms in total. The highest BCUT2D eigenvalue weighted by molar-refractivity contribution is 7.62. The van der Waals surface area contributed by atoms with Gasteiger partial charge in [0, 0.05) is 6.20 Å². The highest BCUT2D eigenvalue weighted by Crippen LogP contribution is 2.46. The minimum absolute atomic E-state index is 0.350. The Labute approximate surface area is 77.0 Å². The van der Waals surface area contributed by atoms with Gasteiger partial charge in [-0.3, -0.25) is 9.66 Å². The van der Waals surface area contributed by atoms with Gasteiger partial charge in [-0.2, -0.15) is 5.10 Å². The average Bonchev–Trinajstić information content (AvgIpc) is 2.57. The van der Waals surface area contributed by atoms with E-state index in [2.05, 4.69) is 10.2 Å². The first-order valence-electron chi connectivity index (χ1n) is 4.11. The molecule has 0 fully saturated rings. The largest absolute Gasteiger partial charge is 0.364 e. The Kier molecular flexibility index (Phi) is 3.66. The monoisotopic (exact) mass is 204 g/mol. The van der Waals surface area contributed by atoms with E-state index >= 15 is 0 Å². The maximum Gasteiger partial charge on any atom is 0.364 e. The summed E-state index contributed by atoms with van der Waals surface area (Å²) >= 11 is 0. The Morgan fingerprint density at radius 3 is 2.46 bits per heavy atom. The Hall–Kier alpha value is -0.640. The number of nitrogens with zero attached hydrogens (tertiary/aromatic N) is 1. The Bertz CT molecular complexity index is 276. The highest BCUT2D eigenvalue weighted by Gasteiger charge is 2.27. The van der Waals surface area contributed by atoms with Crippen molar-refractivity contribution in [2.24, 2.45) is 0 Å². The zero-order valence-corrected chi connectivity index (χ0v) is 8.58. The van der Waals surface area contributed by atoms with Crippen molar-refractivity contribution < 1.29 is 13.6 Å². The lowest BCUT2D eigenvalue weighted by atomic mass is 10.7. The lowest BCUT2D eigenvalue weighted by Gasteiger charge is -2.14. The van der Waals surface area contributed by atoms with Gasteiger partial charge in [-0.15, -0.1) is 0 Å². The molecule has 0 radical (unpaired) electrons. The van der Waals surface area contributed by atoms with E-state index in [1.54, 1.807) is 13.8 Å². The zero-order chi connectivity index (χ0) is 9.73. The lowest BCUT2D eigenvalue weighted by molar-refractivity contribution is 0.230. The van der Waals surface area contributed by atoms with Gasteiger partial charge >= 0.3 is 7.60 Å². The molecule has 0 aliphatic rings. The second kappa shape index (κ2) is 4.56. The van der Waals surface area contributed by atoms with E-state index in [0.717, 1.165) is 0 Å². The molecule has 74 valence electrons. The van der Waals surface area contributed by atoms with Crippen LogP contribution in [0.4, 0.5) is 0 Å². The minimum Gasteiger partial charge on any atom is -0.305 e. The maximum absolute atomic E-state index is 12.0. The van der Waals surface area contributed by atoms with Crippen LogP contribution in [0, 0.1) is 0 Å². The van der Waals surface area contributed by atoms with Crippen LogP contribution in [0.5, 0.6) is 0 Å². The molecule has 0 amide bonds. The molecule has 0 saturated heterocycles. The summed E-state index contributed by atoms with van der Waals surface area (Å²) in [5.74, 6) is 0. The molecule has 0 aliphatic heterocycles. The first kappa shape index (κ1) is 10.4. The molecule has 1 rings (SSSR count). The van der Waals surface area contributed by atoms with Gasteiger partial charge in [0.15, 0.2) is 0 Å². The van der Waals surface area contributed by atoms with Crippen LogP contribution in [0.2, 0.25) is 0 Å². The molecule has 1 aromatic heterocycles. The summed E-state index contributed by atoms with van der Waals surface area (Å²) in [6.07, 6.45) is 2.97. The fourth-order valence-electron chi connectivity index (χ4n) is 0.920. The van der Waals surface area contributed by atoms with Gasteiger partial charge < -0.3 is 9.05 Å². The van der Waals surface area contributed by atoms with Crippen molar-refractivity contribution in [2.45, 2.75) is 13.8 Å². The van der Waals surface area contributed by atoms with Gasteiger partial charge in [0.05, 0.1) is 19.4 Å². The number of H-pyrrole nitrogens is 1. The Balaban J connectivity index is 2.85. The molecule has 0 atom stereocenters. The SMILES string of the molecule is CCOP(=O)(OCC)c1cn[nH]c1. The van der Waals surface area contributed by atoms with Crippen LogP contribution in [-0.4, -0.2) is 23.4 Å². The molecule has 0 spiro atoms. The van der Waals surface area contributed by atoms with Crippen molar-refractivity contribution >= 4 is 12.9 Å². The molecule has 0 aromatic carbocycles. The van der Waals surface area contributed by atoms with Crippen molar-refractivity contribution in [1.29, 1.82) is 0 Å². The van der Waals surface area contributed by atoms with Gasteiger partial charge in [-0.05, 0) is 13.8 Å². The van der Waals surface area contributed by atoms with E-state index < -0.39 is 7.60 Å². The van der Waals surface area contributed by atoms with Crippen LogP contribution >= 0.6 is 7.60 Å². The number of hydrogen-bond donors (Lipinski definition) is 1. The fraction of sp³-hybridized carbons (Fsp3) is 0.571. The summed E-state index contributed by atoms with van der Waals surface area (Å²) in [7, 11) is -3.12. The molecule has 0 saturated carbocycles. The van der Waals surface area contributed by atoms with Crippen LogP contribution < -0.4 is 5.30 Å². The maximum atomic E-state index is 12.0. The van der Waals surface area contributed by atoms with Crippen molar-refractivity contribution in [3.05, 3.63) is 12.4 Å². The third kappa shape index (κ3) is 2.40. The van der Waals surface area contributed by atoms with Gasteiger partial charge in [-0.1, -0.05) is 0 Å². The summed E-state index contributed by atoms with van der Waals surface area (Å²) in [5.41, 5.74) is 0. The smallest absolute Gasteiger partial charge is 0.305 e. The number of aromatic nitrogens is 2. The number of nitrogens with one attached hydrogen (secondary N) is 1. The van der Waals surface area contributed by atoms with Crippen LogP contribution in [0.3, 0.4) is 0 Å². The fourth-order valence-corrected chi connectivity index (χ4v) is 2.39. The molecule has 1 N–H and O–H groups in total. The van der Waals surface area contributed by atoms with Crippen LogP contribution in [0.25, 0.3) is 0 Å². The quantitative estimate of drug-likeness (QED) is 0.734. The van der Waals surface area contributed by atoms with E-state index in [0.29, 0.717) is 18.5 Å². The first-order valence-corrected chi connectivity index (χ1v) is 5.65. The van der Waals surface area contributed by atoms with Crippen molar-refractivity contribution in [1.82, 2.24) is 10.2 Å². The predicted molar refractivity (Wildman–Crippen MR) is 49.1 cm³/mol. The topological polar surface area (TPSA) is 64.2 Å². The van der Waals surface area contributed by atoms with Crippen LogP contribution in [0.15, 0.2) is 12.4 Å². The van der Waals surface area contributed by atoms with Gasteiger partial charge in [0.25, 0.3) is 0 Å². The summed E-state index contributed by atoms with van der Waals surface area (Å²) in [5, 5.41) is 6.73. The third-order valence-corrected chi connectivity index (χ3v) is 3.47. The van der Waals surface area contributed by atoms with Crippen LogP contribution in [-0.2, 0) is 13.6 Å². The number of aromatic amines is 1. The summed E-state index contributed by atoms with van der Waals surface area (Å²) in [6, 6.07) is 0. The van der Waals surface area contributed by atoms with Gasteiger partial charge in [0.1, 0.15) is 5.30 Å².